The minimum absolute atomic E-state index is 0.100. The highest BCUT2D eigenvalue weighted by Crippen LogP contribution is 2.27. The van der Waals surface area contributed by atoms with Crippen molar-refractivity contribution in [1.82, 2.24) is 4.31 Å². The summed E-state index contributed by atoms with van der Waals surface area (Å²) in [6.07, 6.45) is 1.44. The van der Waals surface area contributed by atoms with Gasteiger partial charge in [-0.1, -0.05) is 32.9 Å². The van der Waals surface area contributed by atoms with Gasteiger partial charge in [0, 0.05) is 19.7 Å². The van der Waals surface area contributed by atoms with Crippen LogP contribution in [0.1, 0.15) is 39.7 Å². The Morgan fingerprint density at radius 1 is 1.19 bits per heavy atom. The van der Waals surface area contributed by atoms with Gasteiger partial charge < -0.3 is 5.11 Å². The summed E-state index contributed by atoms with van der Waals surface area (Å²) in [5.74, 6) is 0. The van der Waals surface area contributed by atoms with Crippen LogP contribution >= 0.6 is 0 Å². The lowest BCUT2D eigenvalue weighted by molar-refractivity contribution is 0.216. The Hall–Kier alpha value is -0.910. The van der Waals surface area contributed by atoms with E-state index in [2.05, 4.69) is 0 Å². The number of hydrogen-bond acceptors (Lipinski definition) is 3. The van der Waals surface area contributed by atoms with Crippen LogP contribution in [0.2, 0.25) is 0 Å². The molecule has 120 valence electrons. The standard InChI is InChI=1S/C16H27NO3S/c1-13(16(2,3)4)17(5)21(19,20)15-10-8-14(9-11-15)7-6-12-18/h8-11,13,18H,6-7,12H2,1-5H3. The van der Waals surface area contributed by atoms with Crippen molar-refractivity contribution >= 4 is 10.0 Å². The molecule has 21 heavy (non-hydrogen) atoms. The van der Waals surface area contributed by atoms with Crippen molar-refractivity contribution in [3.8, 4) is 0 Å². The van der Waals surface area contributed by atoms with Gasteiger partial charge in [-0.05, 0) is 42.9 Å². The molecule has 4 nitrogen and oxygen atoms in total. The van der Waals surface area contributed by atoms with Crippen molar-refractivity contribution in [3.63, 3.8) is 0 Å². The van der Waals surface area contributed by atoms with Gasteiger partial charge >= 0.3 is 0 Å². The fraction of sp³-hybridized carbons (Fsp3) is 0.625. The van der Waals surface area contributed by atoms with Crippen molar-refractivity contribution in [2.45, 2.75) is 51.5 Å². The van der Waals surface area contributed by atoms with Gasteiger partial charge in [0.1, 0.15) is 0 Å². The van der Waals surface area contributed by atoms with Crippen molar-refractivity contribution in [3.05, 3.63) is 29.8 Å². The Bertz CT molecular complexity index is 544. The normalized spacial score (nSPS) is 14.4. The summed E-state index contributed by atoms with van der Waals surface area (Å²) < 4.78 is 26.7. The van der Waals surface area contributed by atoms with E-state index in [4.69, 9.17) is 5.11 Å². The van der Waals surface area contributed by atoms with Crippen LogP contribution in [0.25, 0.3) is 0 Å². The molecule has 1 N–H and O–H groups in total. The van der Waals surface area contributed by atoms with Gasteiger partial charge in [-0.3, -0.25) is 0 Å². The van der Waals surface area contributed by atoms with Crippen LogP contribution in [-0.2, 0) is 16.4 Å². The number of benzene rings is 1. The molecule has 5 heteroatoms. The van der Waals surface area contributed by atoms with E-state index in [1.807, 2.05) is 39.8 Å². The lowest BCUT2D eigenvalue weighted by Gasteiger charge is -2.34. The Labute approximate surface area is 128 Å². The maximum Gasteiger partial charge on any atom is 0.243 e. The maximum atomic E-state index is 12.6. The van der Waals surface area contributed by atoms with Crippen molar-refractivity contribution in [1.29, 1.82) is 0 Å². The Morgan fingerprint density at radius 3 is 2.14 bits per heavy atom. The molecule has 0 heterocycles. The first kappa shape index (κ1) is 18.1. The zero-order valence-electron chi connectivity index (χ0n) is 13.6. The average Bonchev–Trinajstić information content (AvgIpc) is 2.42. The number of hydrogen-bond donors (Lipinski definition) is 1. The zero-order chi connectivity index (χ0) is 16.3. The second-order valence-electron chi connectivity index (χ2n) is 6.53. The molecule has 1 aromatic rings. The van der Waals surface area contributed by atoms with Crippen molar-refractivity contribution in [2.24, 2.45) is 5.41 Å². The summed E-state index contributed by atoms with van der Waals surface area (Å²) in [6.45, 7) is 8.16. The highest BCUT2D eigenvalue weighted by molar-refractivity contribution is 7.89. The fourth-order valence-corrected chi connectivity index (χ4v) is 3.58. The third kappa shape index (κ3) is 4.53. The van der Waals surface area contributed by atoms with Gasteiger partial charge in [-0.15, -0.1) is 0 Å². The van der Waals surface area contributed by atoms with Gasteiger partial charge in [-0.25, -0.2) is 8.42 Å². The molecule has 1 atom stereocenters. The molecule has 0 aliphatic carbocycles. The quantitative estimate of drug-likeness (QED) is 0.878. The summed E-state index contributed by atoms with van der Waals surface area (Å²) in [7, 11) is -1.84. The molecule has 0 amide bonds. The van der Waals surface area contributed by atoms with E-state index >= 15 is 0 Å². The summed E-state index contributed by atoms with van der Waals surface area (Å²) in [5, 5.41) is 8.82. The topological polar surface area (TPSA) is 57.6 Å². The second kappa shape index (κ2) is 6.90. The van der Waals surface area contributed by atoms with Gasteiger partial charge in [0.25, 0.3) is 0 Å². The molecule has 0 aliphatic rings. The summed E-state index contributed by atoms with van der Waals surface area (Å²) in [5.41, 5.74) is 0.914. The molecule has 1 unspecified atom stereocenters. The number of aryl methyl sites for hydroxylation is 1. The zero-order valence-corrected chi connectivity index (χ0v) is 14.4. The lowest BCUT2D eigenvalue weighted by Crippen LogP contribution is -2.42. The van der Waals surface area contributed by atoms with Crippen molar-refractivity contribution in [2.75, 3.05) is 13.7 Å². The fourth-order valence-electron chi connectivity index (χ4n) is 2.03. The summed E-state index contributed by atoms with van der Waals surface area (Å²) in [4.78, 5) is 0.314. The highest BCUT2D eigenvalue weighted by Gasteiger charge is 2.32. The number of aliphatic hydroxyl groups is 1. The average molecular weight is 313 g/mol. The van der Waals surface area contributed by atoms with E-state index < -0.39 is 10.0 Å². The van der Waals surface area contributed by atoms with E-state index in [0.29, 0.717) is 11.3 Å². The third-order valence-corrected chi connectivity index (χ3v) is 5.97. The second-order valence-corrected chi connectivity index (χ2v) is 8.53. The van der Waals surface area contributed by atoms with E-state index in [1.54, 1.807) is 19.2 Å². The number of aliphatic hydroxyl groups excluding tert-OH is 1. The molecule has 0 aliphatic heterocycles. The predicted octanol–water partition coefficient (Wildman–Crippen LogP) is 2.67. The molecular formula is C16H27NO3S. The molecule has 0 aromatic heterocycles. The van der Waals surface area contributed by atoms with Crippen LogP contribution in [-0.4, -0.2) is 37.5 Å². The van der Waals surface area contributed by atoms with E-state index in [1.165, 1.54) is 4.31 Å². The predicted molar refractivity (Wildman–Crippen MR) is 85.7 cm³/mol. The minimum Gasteiger partial charge on any atom is -0.396 e. The van der Waals surface area contributed by atoms with E-state index in [9.17, 15) is 8.42 Å². The van der Waals surface area contributed by atoms with Crippen LogP contribution in [0.3, 0.4) is 0 Å². The number of rotatable bonds is 6. The molecule has 0 bridgehead atoms. The Morgan fingerprint density at radius 2 is 1.71 bits per heavy atom. The first-order valence-corrected chi connectivity index (χ1v) is 8.72. The largest absolute Gasteiger partial charge is 0.396 e. The van der Waals surface area contributed by atoms with Crippen LogP contribution < -0.4 is 0 Å². The van der Waals surface area contributed by atoms with Gasteiger partial charge in [0.2, 0.25) is 10.0 Å². The molecule has 0 radical (unpaired) electrons. The van der Waals surface area contributed by atoms with Gasteiger partial charge in [0.05, 0.1) is 4.90 Å². The van der Waals surface area contributed by atoms with Crippen LogP contribution in [0.4, 0.5) is 0 Å². The molecule has 1 rings (SSSR count). The molecule has 0 saturated heterocycles. The van der Waals surface area contributed by atoms with Crippen molar-refractivity contribution < 1.29 is 13.5 Å². The molecule has 0 fully saturated rings. The summed E-state index contributed by atoms with van der Waals surface area (Å²) >= 11 is 0. The smallest absolute Gasteiger partial charge is 0.243 e. The number of nitrogens with zero attached hydrogens (tertiary/aromatic N) is 1. The molecule has 1 aromatic carbocycles. The highest BCUT2D eigenvalue weighted by atomic mass is 32.2. The Kier molecular flexibility index (Phi) is 5.96. The van der Waals surface area contributed by atoms with Crippen LogP contribution in [0, 0.1) is 5.41 Å². The van der Waals surface area contributed by atoms with Gasteiger partial charge in [-0.2, -0.15) is 4.31 Å². The first-order chi connectivity index (χ1) is 9.60. The monoisotopic (exact) mass is 313 g/mol. The third-order valence-electron chi connectivity index (χ3n) is 4.02. The molecule has 0 spiro atoms. The van der Waals surface area contributed by atoms with E-state index in [0.717, 1.165) is 12.0 Å². The van der Waals surface area contributed by atoms with Gasteiger partial charge in [0.15, 0.2) is 0 Å². The summed E-state index contributed by atoms with van der Waals surface area (Å²) in [6, 6.07) is 6.83. The van der Waals surface area contributed by atoms with Crippen LogP contribution in [0.15, 0.2) is 29.2 Å². The first-order valence-electron chi connectivity index (χ1n) is 7.28. The lowest BCUT2D eigenvalue weighted by atomic mass is 9.88. The maximum absolute atomic E-state index is 12.6. The molecule has 0 saturated carbocycles. The van der Waals surface area contributed by atoms with E-state index in [-0.39, 0.29) is 18.1 Å². The Balaban J connectivity index is 2.97. The minimum atomic E-state index is -3.47. The van der Waals surface area contributed by atoms with Crippen LogP contribution in [0.5, 0.6) is 0 Å². The molecular weight excluding hydrogens is 286 g/mol. The number of sulfonamides is 1. The SMILES string of the molecule is CC(N(C)S(=O)(=O)c1ccc(CCCO)cc1)C(C)(C)C.